The summed E-state index contributed by atoms with van der Waals surface area (Å²) >= 11 is 1.47. The molecule has 0 spiro atoms. The molecule has 1 aliphatic rings. The molecule has 0 aliphatic heterocycles. The lowest BCUT2D eigenvalue weighted by Crippen LogP contribution is -2.40. The Labute approximate surface area is 148 Å². The van der Waals surface area contributed by atoms with Crippen molar-refractivity contribution in [3.05, 3.63) is 64.9 Å². The van der Waals surface area contributed by atoms with Crippen molar-refractivity contribution in [1.29, 1.82) is 0 Å². The van der Waals surface area contributed by atoms with Crippen LogP contribution in [0.15, 0.2) is 52.5 Å². The molecule has 6 nitrogen and oxygen atoms in total. The van der Waals surface area contributed by atoms with Crippen LogP contribution in [0.1, 0.15) is 22.9 Å². The Hall–Kier alpha value is -2.64. The number of amides is 2. The molecule has 1 aliphatic carbocycles. The molecule has 1 aromatic carbocycles. The van der Waals surface area contributed by atoms with Gasteiger partial charge in [-0.1, -0.05) is 24.3 Å². The first-order valence-corrected chi connectivity index (χ1v) is 8.87. The highest BCUT2D eigenvalue weighted by Gasteiger charge is 2.31. The first kappa shape index (κ1) is 15.9. The third-order valence-corrected chi connectivity index (χ3v) is 5.11. The molecule has 0 radical (unpaired) electrons. The number of thiazole rings is 1. The summed E-state index contributed by atoms with van der Waals surface area (Å²) in [7, 11) is 0. The molecule has 2 heterocycles. The molecule has 2 amide bonds. The number of hydrogen-bond donors (Lipinski definition) is 3. The van der Waals surface area contributed by atoms with Gasteiger partial charge in [0.15, 0.2) is 10.8 Å². The van der Waals surface area contributed by atoms with E-state index in [2.05, 4.69) is 15.6 Å². The number of carbonyl (C=O) groups excluding carboxylic acids is 1. The molecule has 4 rings (SSSR count). The summed E-state index contributed by atoms with van der Waals surface area (Å²) in [5, 5.41) is 18.5. The summed E-state index contributed by atoms with van der Waals surface area (Å²) in [5.41, 5.74) is 2.81. The van der Waals surface area contributed by atoms with E-state index in [1.54, 1.807) is 6.26 Å². The average Bonchev–Trinajstić information content (AvgIpc) is 3.33. The van der Waals surface area contributed by atoms with E-state index in [4.69, 9.17) is 4.42 Å². The van der Waals surface area contributed by atoms with Crippen molar-refractivity contribution in [2.24, 2.45) is 0 Å². The molecule has 7 heteroatoms. The van der Waals surface area contributed by atoms with Crippen molar-refractivity contribution in [2.45, 2.75) is 25.1 Å². The molecule has 3 aromatic rings. The minimum atomic E-state index is -0.604. The van der Waals surface area contributed by atoms with E-state index in [0.717, 1.165) is 21.8 Å². The molecule has 2 atom stereocenters. The van der Waals surface area contributed by atoms with Crippen LogP contribution in [0.2, 0.25) is 0 Å². The number of nitrogens with one attached hydrogen (secondary N) is 2. The zero-order valence-corrected chi connectivity index (χ0v) is 14.1. The van der Waals surface area contributed by atoms with Gasteiger partial charge in [-0.2, -0.15) is 0 Å². The standard InChI is InChI=1S/C18H17N3O3S/c22-14-8-11-4-1-2-5-13(11)16(14)21-18(23)19-9-12-10-25-17(20-12)15-6-3-7-24-15/h1-7,10,14,16,22H,8-9H2,(H2,19,21,23). The predicted molar refractivity (Wildman–Crippen MR) is 94.1 cm³/mol. The fourth-order valence-electron chi connectivity index (χ4n) is 3.01. The fourth-order valence-corrected chi connectivity index (χ4v) is 3.80. The van der Waals surface area contributed by atoms with Crippen molar-refractivity contribution >= 4 is 17.4 Å². The van der Waals surface area contributed by atoms with Crippen molar-refractivity contribution in [3.63, 3.8) is 0 Å². The third kappa shape index (κ3) is 3.29. The summed E-state index contributed by atoms with van der Waals surface area (Å²) in [6.45, 7) is 0.313. The minimum absolute atomic E-state index is 0.313. The summed E-state index contributed by atoms with van der Waals surface area (Å²) in [5.74, 6) is 0.714. The van der Waals surface area contributed by atoms with Gasteiger partial charge in [0.2, 0.25) is 0 Å². The van der Waals surface area contributed by atoms with Crippen LogP contribution in [-0.4, -0.2) is 22.2 Å². The molecule has 0 saturated carbocycles. The lowest BCUT2D eigenvalue weighted by atomic mass is 10.1. The van der Waals surface area contributed by atoms with Gasteiger partial charge < -0.3 is 20.2 Å². The largest absolute Gasteiger partial charge is 0.462 e. The second kappa shape index (κ2) is 6.70. The Balaban J connectivity index is 1.36. The molecular formula is C18H17N3O3S. The molecule has 0 fully saturated rings. The summed E-state index contributed by atoms with van der Waals surface area (Å²) < 4.78 is 5.31. The predicted octanol–water partition coefficient (Wildman–Crippen LogP) is 2.86. The minimum Gasteiger partial charge on any atom is -0.462 e. The van der Waals surface area contributed by atoms with Crippen LogP contribution in [0.5, 0.6) is 0 Å². The van der Waals surface area contributed by atoms with E-state index < -0.39 is 6.10 Å². The van der Waals surface area contributed by atoms with Crippen LogP contribution >= 0.6 is 11.3 Å². The first-order chi connectivity index (χ1) is 12.2. The van der Waals surface area contributed by atoms with Gasteiger partial charge in [-0.3, -0.25) is 0 Å². The van der Waals surface area contributed by atoms with Gasteiger partial charge in [0.1, 0.15) is 0 Å². The van der Waals surface area contributed by atoms with Crippen LogP contribution < -0.4 is 10.6 Å². The van der Waals surface area contributed by atoms with E-state index in [1.807, 2.05) is 41.8 Å². The van der Waals surface area contributed by atoms with E-state index in [1.165, 1.54) is 11.3 Å². The van der Waals surface area contributed by atoms with E-state index >= 15 is 0 Å². The van der Waals surface area contributed by atoms with Gasteiger partial charge in [0.05, 0.1) is 30.6 Å². The Morgan fingerprint density at radius 3 is 3.04 bits per heavy atom. The van der Waals surface area contributed by atoms with Crippen LogP contribution in [0.4, 0.5) is 4.79 Å². The molecule has 0 bridgehead atoms. The third-order valence-electron chi connectivity index (χ3n) is 4.20. The van der Waals surface area contributed by atoms with Crippen LogP contribution in [0.3, 0.4) is 0 Å². The molecule has 128 valence electrons. The molecule has 25 heavy (non-hydrogen) atoms. The van der Waals surface area contributed by atoms with Crippen molar-refractivity contribution in [1.82, 2.24) is 15.6 Å². The molecule has 3 N–H and O–H groups in total. The van der Waals surface area contributed by atoms with Crippen LogP contribution in [0, 0.1) is 0 Å². The molecular weight excluding hydrogens is 338 g/mol. The fraction of sp³-hybridized carbons (Fsp3) is 0.222. The molecule has 0 saturated heterocycles. The highest BCUT2D eigenvalue weighted by atomic mass is 32.1. The lowest BCUT2D eigenvalue weighted by molar-refractivity contribution is 0.142. The number of rotatable bonds is 4. The van der Waals surface area contributed by atoms with Gasteiger partial charge >= 0.3 is 6.03 Å². The van der Waals surface area contributed by atoms with Gasteiger partial charge in [0.25, 0.3) is 0 Å². The van der Waals surface area contributed by atoms with E-state index in [9.17, 15) is 9.90 Å². The van der Waals surface area contributed by atoms with Crippen molar-refractivity contribution < 1.29 is 14.3 Å². The monoisotopic (exact) mass is 355 g/mol. The van der Waals surface area contributed by atoms with E-state index in [-0.39, 0.29) is 12.1 Å². The smallest absolute Gasteiger partial charge is 0.315 e. The molecule has 2 unspecified atom stereocenters. The van der Waals surface area contributed by atoms with Crippen LogP contribution in [0.25, 0.3) is 10.8 Å². The topological polar surface area (TPSA) is 87.4 Å². The SMILES string of the molecule is O=C(NCc1csc(-c2ccco2)n1)NC1c2ccccc2CC1O. The van der Waals surface area contributed by atoms with Crippen molar-refractivity contribution in [2.75, 3.05) is 0 Å². The maximum atomic E-state index is 12.2. The normalized spacial score (nSPS) is 18.8. The summed E-state index contributed by atoms with van der Waals surface area (Å²) in [4.78, 5) is 16.6. The number of aliphatic hydroxyl groups excluding tert-OH is 1. The first-order valence-electron chi connectivity index (χ1n) is 7.99. The van der Waals surface area contributed by atoms with Crippen molar-refractivity contribution in [3.8, 4) is 10.8 Å². The number of fused-ring (bicyclic) bond motifs is 1. The number of urea groups is 1. The Kier molecular flexibility index (Phi) is 4.25. The average molecular weight is 355 g/mol. The number of benzene rings is 1. The Morgan fingerprint density at radius 1 is 1.32 bits per heavy atom. The summed E-state index contributed by atoms with van der Waals surface area (Å²) in [6, 6.07) is 10.7. The second-order valence-electron chi connectivity index (χ2n) is 5.90. The number of aromatic nitrogens is 1. The number of carbonyl (C=O) groups is 1. The number of nitrogens with zero attached hydrogens (tertiary/aromatic N) is 1. The maximum absolute atomic E-state index is 12.2. The Morgan fingerprint density at radius 2 is 2.20 bits per heavy atom. The molecule has 2 aromatic heterocycles. The number of hydrogen-bond acceptors (Lipinski definition) is 5. The maximum Gasteiger partial charge on any atom is 0.315 e. The highest BCUT2D eigenvalue weighted by Crippen LogP contribution is 2.31. The van der Waals surface area contributed by atoms with Gasteiger partial charge in [0, 0.05) is 11.8 Å². The van der Waals surface area contributed by atoms with Gasteiger partial charge in [-0.15, -0.1) is 11.3 Å². The summed E-state index contributed by atoms with van der Waals surface area (Å²) in [6.07, 6.45) is 1.56. The number of aliphatic hydroxyl groups is 1. The van der Waals surface area contributed by atoms with Crippen LogP contribution in [-0.2, 0) is 13.0 Å². The van der Waals surface area contributed by atoms with Gasteiger partial charge in [-0.05, 0) is 23.3 Å². The second-order valence-corrected chi connectivity index (χ2v) is 6.75. The quantitative estimate of drug-likeness (QED) is 0.671. The zero-order valence-electron chi connectivity index (χ0n) is 13.3. The zero-order chi connectivity index (χ0) is 17.2. The lowest BCUT2D eigenvalue weighted by Gasteiger charge is -2.18. The van der Waals surface area contributed by atoms with E-state index in [0.29, 0.717) is 18.7 Å². The highest BCUT2D eigenvalue weighted by molar-refractivity contribution is 7.13. The van der Waals surface area contributed by atoms with Gasteiger partial charge in [-0.25, -0.2) is 9.78 Å². The number of furan rings is 1. The Bertz CT molecular complexity index is 875.